The van der Waals surface area contributed by atoms with Crippen LogP contribution < -0.4 is 4.31 Å². The van der Waals surface area contributed by atoms with Crippen LogP contribution >= 0.6 is 0 Å². The summed E-state index contributed by atoms with van der Waals surface area (Å²) in [5.41, 5.74) is 2.23. The van der Waals surface area contributed by atoms with Gasteiger partial charge in [0.15, 0.2) is 0 Å². The predicted octanol–water partition coefficient (Wildman–Crippen LogP) is 2.66. The average molecular weight is 427 g/mol. The van der Waals surface area contributed by atoms with Gasteiger partial charge in [0.2, 0.25) is 5.91 Å². The molecule has 2 aliphatic heterocycles. The lowest BCUT2D eigenvalue weighted by molar-refractivity contribution is -0.150. The third-order valence-corrected chi connectivity index (χ3v) is 8.70. The van der Waals surface area contributed by atoms with E-state index in [2.05, 4.69) is 0 Å². The number of aliphatic hydroxyl groups is 1. The first-order valence-corrected chi connectivity index (χ1v) is 12.0. The molecule has 0 radical (unpaired) electrons. The fourth-order valence-corrected chi connectivity index (χ4v) is 6.80. The number of hydrogen-bond acceptors (Lipinski definition) is 4. The number of likely N-dealkylation sites (tertiary alicyclic amines) is 1. The van der Waals surface area contributed by atoms with Crippen molar-refractivity contribution in [3.63, 3.8) is 0 Å². The summed E-state index contributed by atoms with van der Waals surface area (Å²) in [6, 6.07) is 13.9. The minimum absolute atomic E-state index is 0.0328. The number of anilines is 1. The number of aryl methyl sites for hydroxylation is 1. The number of hydrogen-bond donors (Lipinski definition) is 1. The van der Waals surface area contributed by atoms with Crippen molar-refractivity contribution in [2.45, 2.75) is 49.1 Å². The molecule has 0 spiro atoms. The van der Waals surface area contributed by atoms with Gasteiger partial charge in [0, 0.05) is 12.3 Å². The van der Waals surface area contributed by atoms with Gasteiger partial charge in [-0.25, -0.2) is 8.42 Å². The van der Waals surface area contributed by atoms with Gasteiger partial charge < -0.3 is 10.0 Å². The standard InChI is InChI=1S/C23H26N2O4S/c1-15-6-2-5-9-21(15)30(28,29)24-13-19-23(17-7-3-4-8-18(17)24)20(14-26)25(19)22(27)12-16-10-11-16/h2-9,16,19-20,23,26H,10-14H2,1H3/t19-,20+,23+/m0/s1. The Kier molecular flexibility index (Phi) is 4.63. The van der Waals surface area contributed by atoms with E-state index in [0.29, 0.717) is 23.6 Å². The number of para-hydroxylation sites is 1. The Morgan fingerprint density at radius 3 is 2.50 bits per heavy atom. The van der Waals surface area contributed by atoms with Crippen LogP contribution in [0.3, 0.4) is 0 Å². The number of nitrogens with zero attached hydrogens (tertiary/aromatic N) is 2. The minimum Gasteiger partial charge on any atom is -0.394 e. The van der Waals surface area contributed by atoms with Gasteiger partial charge in [-0.1, -0.05) is 36.4 Å². The van der Waals surface area contributed by atoms with Crippen molar-refractivity contribution in [2.75, 3.05) is 17.5 Å². The van der Waals surface area contributed by atoms with E-state index in [9.17, 15) is 18.3 Å². The molecule has 2 aromatic rings. The number of benzene rings is 2. The summed E-state index contributed by atoms with van der Waals surface area (Å²) in [5.74, 6) is 0.432. The number of carbonyl (C=O) groups excluding carboxylic acids is 1. The van der Waals surface area contributed by atoms with Gasteiger partial charge in [0.25, 0.3) is 10.0 Å². The van der Waals surface area contributed by atoms with Crippen molar-refractivity contribution in [2.24, 2.45) is 5.92 Å². The van der Waals surface area contributed by atoms with E-state index in [1.807, 2.05) is 30.3 Å². The average Bonchev–Trinajstić information content (AvgIpc) is 3.52. The summed E-state index contributed by atoms with van der Waals surface area (Å²) in [6.45, 7) is 1.89. The molecule has 3 aliphatic rings. The van der Waals surface area contributed by atoms with Crippen LogP contribution in [0, 0.1) is 12.8 Å². The van der Waals surface area contributed by atoms with E-state index in [1.54, 1.807) is 30.0 Å². The first-order chi connectivity index (χ1) is 14.4. The summed E-state index contributed by atoms with van der Waals surface area (Å²) in [7, 11) is -3.78. The van der Waals surface area contributed by atoms with Crippen LogP contribution in [0.25, 0.3) is 0 Å². The van der Waals surface area contributed by atoms with Gasteiger partial charge in [-0.15, -0.1) is 0 Å². The Balaban J connectivity index is 1.56. The Morgan fingerprint density at radius 1 is 1.10 bits per heavy atom. The van der Waals surface area contributed by atoms with Gasteiger partial charge in [0.1, 0.15) is 0 Å². The molecule has 2 heterocycles. The second-order valence-corrected chi connectivity index (χ2v) is 10.5. The molecular weight excluding hydrogens is 400 g/mol. The third kappa shape index (κ3) is 2.94. The zero-order chi connectivity index (χ0) is 21.0. The zero-order valence-electron chi connectivity index (χ0n) is 16.9. The fourth-order valence-electron chi connectivity index (χ4n) is 5.07. The number of carbonyl (C=O) groups is 1. The zero-order valence-corrected chi connectivity index (χ0v) is 17.8. The fraction of sp³-hybridized carbons (Fsp3) is 0.435. The van der Waals surface area contributed by atoms with Crippen LogP contribution in [0.1, 0.15) is 36.3 Å². The van der Waals surface area contributed by atoms with E-state index in [-0.39, 0.29) is 42.0 Å². The molecule has 6 nitrogen and oxygen atoms in total. The molecular formula is C23H26N2O4S. The van der Waals surface area contributed by atoms with Crippen LogP contribution in [0.2, 0.25) is 0 Å². The van der Waals surface area contributed by atoms with Crippen LogP contribution in [0.5, 0.6) is 0 Å². The van der Waals surface area contributed by atoms with Crippen molar-refractivity contribution < 1.29 is 18.3 Å². The molecule has 1 N–H and O–H groups in total. The molecule has 0 aromatic heterocycles. The molecule has 2 aromatic carbocycles. The SMILES string of the molecule is Cc1ccccc1S(=O)(=O)N1C[C@H]2[C@@H](c3ccccc31)[C@@H](CO)N2C(=O)CC1CC1. The topological polar surface area (TPSA) is 77.9 Å². The Bertz CT molecular complexity index is 1100. The summed E-state index contributed by atoms with van der Waals surface area (Å²) in [4.78, 5) is 15.0. The first kappa shape index (κ1) is 19.6. The molecule has 1 saturated heterocycles. The van der Waals surface area contributed by atoms with Crippen molar-refractivity contribution in [3.05, 3.63) is 59.7 Å². The maximum Gasteiger partial charge on any atom is 0.264 e. The molecule has 0 unspecified atom stereocenters. The van der Waals surface area contributed by atoms with Crippen molar-refractivity contribution in [1.82, 2.24) is 4.90 Å². The molecule has 30 heavy (non-hydrogen) atoms. The number of aliphatic hydroxyl groups excluding tert-OH is 1. The Labute approximate surface area is 177 Å². The van der Waals surface area contributed by atoms with Crippen LogP contribution in [0.4, 0.5) is 5.69 Å². The van der Waals surface area contributed by atoms with Crippen molar-refractivity contribution in [3.8, 4) is 0 Å². The monoisotopic (exact) mass is 426 g/mol. The molecule has 1 amide bonds. The van der Waals surface area contributed by atoms with E-state index >= 15 is 0 Å². The largest absolute Gasteiger partial charge is 0.394 e. The molecule has 7 heteroatoms. The van der Waals surface area contributed by atoms with Crippen LogP contribution in [-0.2, 0) is 14.8 Å². The van der Waals surface area contributed by atoms with Crippen molar-refractivity contribution >= 4 is 21.6 Å². The molecule has 3 atom stereocenters. The van der Waals surface area contributed by atoms with E-state index in [4.69, 9.17) is 0 Å². The maximum atomic E-state index is 13.6. The van der Waals surface area contributed by atoms with E-state index < -0.39 is 10.0 Å². The van der Waals surface area contributed by atoms with Gasteiger partial charge in [0.05, 0.1) is 35.8 Å². The molecule has 0 bridgehead atoms. The first-order valence-electron chi connectivity index (χ1n) is 10.5. The van der Waals surface area contributed by atoms with E-state index in [0.717, 1.165) is 18.4 Å². The van der Waals surface area contributed by atoms with Gasteiger partial charge in [-0.05, 0) is 48.9 Å². The predicted molar refractivity (Wildman–Crippen MR) is 114 cm³/mol. The van der Waals surface area contributed by atoms with Gasteiger partial charge in [-0.3, -0.25) is 9.10 Å². The summed E-state index contributed by atoms with van der Waals surface area (Å²) >= 11 is 0. The number of rotatable bonds is 5. The smallest absolute Gasteiger partial charge is 0.264 e. The lowest BCUT2D eigenvalue weighted by atomic mass is 9.72. The van der Waals surface area contributed by atoms with Gasteiger partial charge in [-0.2, -0.15) is 0 Å². The third-order valence-electron chi connectivity index (χ3n) is 6.76. The molecule has 158 valence electrons. The lowest BCUT2D eigenvalue weighted by Crippen LogP contribution is -2.70. The highest BCUT2D eigenvalue weighted by molar-refractivity contribution is 7.92. The van der Waals surface area contributed by atoms with E-state index in [1.165, 1.54) is 4.31 Å². The minimum atomic E-state index is -3.78. The number of fused-ring (bicyclic) bond motifs is 3. The lowest BCUT2D eigenvalue weighted by Gasteiger charge is -2.59. The van der Waals surface area contributed by atoms with Gasteiger partial charge >= 0.3 is 0 Å². The number of sulfonamides is 1. The quantitative estimate of drug-likeness (QED) is 0.797. The molecule has 2 fully saturated rings. The van der Waals surface area contributed by atoms with Crippen molar-refractivity contribution in [1.29, 1.82) is 0 Å². The normalized spacial score (nSPS) is 25.3. The summed E-state index contributed by atoms with van der Waals surface area (Å²) in [5, 5.41) is 10.0. The molecule has 1 saturated carbocycles. The highest BCUT2D eigenvalue weighted by Crippen LogP contribution is 2.50. The van der Waals surface area contributed by atoms with Crippen LogP contribution in [0.15, 0.2) is 53.4 Å². The van der Waals surface area contributed by atoms with Crippen LogP contribution in [-0.4, -0.2) is 49.6 Å². The maximum absolute atomic E-state index is 13.6. The summed E-state index contributed by atoms with van der Waals surface area (Å²) < 4.78 is 28.7. The second kappa shape index (κ2) is 7.10. The Morgan fingerprint density at radius 2 is 1.80 bits per heavy atom. The second-order valence-electron chi connectivity index (χ2n) is 8.65. The highest BCUT2D eigenvalue weighted by atomic mass is 32.2. The Hall–Kier alpha value is -2.38. The highest BCUT2D eigenvalue weighted by Gasteiger charge is 2.56. The molecule has 5 rings (SSSR count). The molecule has 1 aliphatic carbocycles. The number of amides is 1. The summed E-state index contributed by atoms with van der Waals surface area (Å²) in [6.07, 6.45) is 2.65.